The molecule has 3 rings (SSSR count). The zero-order chi connectivity index (χ0) is 22.2. The summed E-state index contributed by atoms with van der Waals surface area (Å²) in [5.74, 6) is -2.77. The summed E-state index contributed by atoms with van der Waals surface area (Å²) in [4.78, 5) is 36.7. The van der Waals surface area contributed by atoms with E-state index in [2.05, 4.69) is 9.71 Å². The van der Waals surface area contributed by atoms with Gasteiger partial charge in [0.15, 0.2) is 5.84 Å². The third-order valence-corrected chi connectivity index (χ3v) is 5.82. The highest BCUT2D eigenvalue weighted by molar-refractivity contribution is 7.90. The van der Waals surface area contributed by atoms with Gasteiger partial charge >= 0.3 is 11.7 Å². The Bertz CT molecular complexity index is 1270. The van der Waals surface area contributed by atoms with Crippen molar-refractivity contribution in [1.29, 1.82) is 0 Å². The summed E-state index contributed by atoms with van der Waals surface area (Å²) in [6.07, 6.45) is 0.424. The third-order valence-electron chi connectivity index (χ3n) is 4.49. The number of fused-ring (bicyclic) bond motifs is 1. The van der Waals surface area contributed by atoms with Crippen LogP contribution in [0.1, 0.15) is 25.8 Å². The van der Waals surface area contributed by atoms with Crippen molar-refractivity contribution < 1.29 is 23.4 Å². The Hall–Kier alpha value is -3.41. The van der Waals surface area contributed by atoms with Gasteiger partial charge in [-0.2, -0.15) is 8.42 Å². The molecule has 2 heterocycles. The topological polar surface area (TPSA) is 160 Å². The molecule has 3 N–H and O–H groups in total. The van der Waals surface area contributed by atoms with Crippen molar-refractivity contribution in [3.05, 3.63) is 50.7 Å². The lowest BCUT2D eigenvalue weighted by Gasteiger charge is -2.20. The van der Waals surface area contributed by atoms with Gasteiger partial charge in [0.1, 0.15) is 17.0 Å². The second kappa shape index (κ2) is 7.78. The minimum atomic E-state index is -4.19. The number of hydrogen-bond acceptors (Lipinski definition) is 7. The van der Waals surface area contributed by atoms with Crippen molar-refractivity contribution in [2.75, 3.05) is 5.32 Å². The number of nitrogens with zero attached hydrogens (tertiary/aromatic N) is 3. The van der Waals surface area contributed by atoms with Crippen LogP contribution in [0.4, 0.5) is 5.69 Å². The second-order valence-electron chi connectivity index (χ2n) is 7.14. The third kappa shape index (κ3) is 3.85. The van der Waals surface area contributed by atoms with Gasteiger partial charge < -0.3 is 15.5 Å². The molecular weight excluding hydrogens is 416 g/mol. The van der Waals surface area contributed by atoms with E-state index < -0.39 is 51.1 Å². The van der Waals surface area contributed by atoms with Crippen LogP contribution >= 0.6 is 0 Å². The average Bonchev–Trinajstić information content (AvgIpc) is 2.64. The number of aromatic hydroxyl groups is 1. The summed E-state index contributed by atoms with van der Waals surface area (Å²) in [6, 6.07) is 5.84. The van der Waals surface area contributed by atoms with Gasteiger partial charge in [0.25, 0.3) is 15.6 Å². The first-order chi connectivity index (χ1) is 14.0. The molecule has 1 aromatic heterocycles. The van der Waals surface area contributed by atoms with Crippen LogP contribution < -0.4 is 16.6 Å². The number of aliphatic carboxylic acids is 1. The van der Waals surface area contributed by atoms with Crippen LogP contribution in [-0.2, 0) is 27.9 Å². The summed E-state index contributed by atoms with van der Waals surface area (Å²) in [7, 11) is -4.19. The first kappa shape index (κ1) is 21.3. The van der Waals surface area contributed by atoms with Gasteiger partial charge in [0, 0.05) is 6.54 Å². The molecule has 0 aliphatic carbocycles. The molecule has 30 heavy (non-hydrogen) atoms. The largest absolute Gasteiger partial charge is 0.494 e. The van der Waals surface area contributed by atoms with E-state index in [1.54, 1.807) is 6.07 Å². The van der Waals surface area contributed by atoms with Crippen molar-refractivity contribution in [2.45, 2.75) is 38.3 Å². The van der Waals surface area contributed by atoms with Gasteiger partial charge in [-0.1, -0.05) is 26.0 Å². The van der Waals surface area contributed by atoms with Gasteiger partial charge in [-0.3, -0.25) is 18.7 Å². The van der Waals surface area contributed by atoms with Crippen LogP contribution in [0.2, 0.25) is 0 Å². The van der Waals surface area contributed by atoms with Gasteiger partial charge in [0.05, 0.1) is 5.69 Å². The van der Waals surface area contributed by atoms with Crippen LogP contribution in [0.25, 0.3) is 0 Å². The summed E-state index contributed by atoms with van der Waals surface area (Å²) in [5, 5.41) is 22.3. The smallest absolute Gasteiger partial charge is 0.334 e. The van der Waals surface area contributed by atoms with Gasteiger partial charge in [0.2, 0.25) is 5.88 Å². The Labute approximate surface area is 171 Å². The summed E-state index contributed by atoms with van der Waals surface area (Å²) in [6.45, 7) is 2.78. The van der Waals surface area contributed by atoms with Crippen LogP contribution in [0, 0.1) is 5.92 Å². The number of sulfonamides is 1. The van der Waals surface area contributed by atoms with E-state index in [-0.39, 0.29) is 23.0 Å². The number of nitrogens with one attached hydrogen (secondary N) is 1. The molecule has 0 amide bonds. The minimum absolute atomic E-state index is 0.0428. The van der Waals surface area contributed by atoms with Crippen LogP contribution in [0.15, 0.2) is 43.1 Å². The normalized spacial score (nSPS) is 14.7. The highest BCUT2D eigenvalue weighted by Crippen LogP contribution is 2.28. The van der Waals surface area contributed by atoms with E-state index in [1.807, 2.05) is 13.8 Å². The lowest BCUT2D eigenvalue weighted by molar-refractivity contribution is -0.137. The lowest BCUT2D eigenvalue weighted by Crippen LogP contribution is -2.45. The highest BCUT2D eigenvalue weighted by atomic mass is 32.2. The fraction of sp³-hybridized carbons (Fsp3) is 0.333. The molecule has 12 heteroatoms. The predicted octanol–water partition coefficient (Wildman–Crippen LogP) is 0.407. The molecule has 0 radical (unpaired) electrons. The quantitative estimate of drug-likeness (QED) is 0.587. The number of para-hydroxylation sites is 1. The Balaban J connectivity index is 2.28. The molecular formula is C18H20N4O7S. The lowest BCUT2D eigenvalue weighted by atomic mass is 10.1. The van der Waals surface area contributed by atoms with Crippen molar-refractivity contribution in [3.8, 4) is 5.88 Å². The molecule has 2 aromatic rings. The number of amidine groups is 1. The molecule has 1 aliphatic rings. The van der Waals surface area contributed by atoms with Crippen molar-refractivity contribution in [3.63, 3.8) is 0 Å². The molecule has 0 saturated heterocycles. The SMILES string of the molecule is CC(C)CCn1c(=O)c(C2=NS(=O)(=O)c3ccccc3N2)c(O)n(CC(=O)O)c1=O. The number of rotatable bonds is 6. The van der Waals surface area contributed by atoms with E-state index in [0.717, 1.165) is 4.57 Å². The second-order valence-corrected chi connectivity index (χ2v) is 8.71. The van der Waals surface area contributed by atoms with Gasteiger partial charge in [-0.05, 0) is 24.5 Å². The van der Waals surface area contributed by atoms with E-state index in [4.69, 9.17) is 5.11 Å². The minimum Gasteiger partial charge on any atom is -0.494 e. The number of carbonyl (C=O) groups is 1. The zero-order valence-electron chi connectivity index (χ0n) is 16.2. The van der Waals surface area contributed by atoms with Crippen LogP contribution in [-0.4, -0.2) is 39.6 Å². The summed E-state index contributed by atoms with van der Waals surface area (Å²) >= 11 is 0. The predicted molar refractivity (Wildman–Crippen MR) is 108 cm³/mol. The maximum Gasteiger partial charge on any atom is 0.334 e. The maximum absolute atomic E-state index is 13.0. The number of carboxylic acids is 1. The Morgan fingerprint density at radius 2 is 1.87 bits per heavy atom. The monoisotopic (exact) mass is 436 g/mol. The first-order valence-corrected chi connectivity index (χ1v) is 10.5. The number of aromatic nitrogens is 2. The Morgan fingerprint density at radius 3 is 2.50 bits per heavy atom. The first-order valence-electron chi connectivity index (χ1n) is 9.02. The molecule has 1 aliphatic heterocycles. The fourth-order valence-electron chi connectivity index (χ4n) is 2.98. The molecule has 0 fully saturated rings. The number of anilines is 1. The Kier molecular flexibility index (Phi) is 5.53. The summed E-state index contributed by atoms with van der Waals surface area (Å²) < 4.78 is 29.9. The molecule has 0 spiro atoms. The molecule has 0 atom stereocenters. The fourth-order valence-corrected chi connectivity index (χ4v) is 4.10. The number of benzene rings is 1. The van der Waals surface area contributed by atoms with Crippen LogP contribution in [0.5, 0.6) is 5.88 Å². The van der Waals surface area contributed by atoms with Crippen molar-refractivity contribution in [1.82, 2.24) is 9.13 Å². The maximum atomic E-state index is 13.0. The van der Waals surface area contributed by atoms with Crippen molar-refractivity contribution in [2.24, 2.45) is 10.3 Å². The Morgan fingerprint density at radius 1 is 1.20 bits per heavy atom. The molecule has 1 aromatic carbocycles. The molecule has 0 unspecified atom stereocenters. The molecule has 160 valence electrons. The number of hydrogen-bond donors (Lipinski definition) is 3. The van der Waals surface area contributed by atoms with Gasteiger partial charge in [-0.15, -0.1) is 4.40 Å². The molecule has 0 bridgehead atoms. The van der Waals surface area contributed by atoms with E-state index in [1.165, 1.54) is 18.2 Å². The zero-order valence-corrected chi connectivity index (χ0v) is 17.0. The standard InChI is InChI=1S/C18H20N4O7S/c1-10(2)7-8-21-16(25)14(17(26)22(18(21)27)9-13(23)24)15-19-11-5-3-4-6-12(11)30(28,29)20-15/h3-6,10,26H,7-9H2,1-2H3,(H,19,20)(H,23,24). The highest BCUT2D eigenvalue weighted by Gasteiger charge is 2.30. The van der Waals surface area contributed by atoms with E-state index in [0.29, 0.717) is 11.0 Å². The number of carboxylic acid groups (broad SMARTS) is 1. The summed E-state index contributed by atoms with van der Waals surface area (Å²) in [5.41, 5.74) is -2.45. The van der Waals surface area contributed by atoms with E-state index >= 15 is 0 Å². The molecule has 11 nitrogen and oxygen atoms in total. The van der Waals surface area contributed by atoms with Crippen molar-refractivity contribution >= 4 is 27.5 Å². The van der Waals surface area contributed by atoms with E-state index in [9.17, 15) is 27.9 Å². The van der Waals surface area contributed by atoms with Gasteiger partial charge in [-0.25, -0.2) is 4.79 Å². The molecule has 0 saturated carbocycles. The average molecular weight is 436 g/mol. The van der Waals surface area contributed by atoms with Crippen LogP contribution in [0.3, 0.4) is 0 Å².